The highest BCUT2D eigenvalue weighted by molar-refractivity contribution is 6.29. The summed E-state index contributed by atoms with van der Waals surface area (Å²) in [7, 11) is 0. The van der Waals surface area contributed by atoms with Gasteiger partial charge in [0.25, 0.3) is 0 Å². The van der Waals surface area contributed by atoms with E-state index in [0.717, 1.165) is 12.8 Å². The maximum Gasteiger partial charge on any atom is 0.317 e. The van der Waals surface area contributed by atoms with Crippen LogP contribution in [0.4, 0.5) is 0 Å². The highest BCUT2D eigenvalue weighted by Crippen LogP contribution is 2.60. The molecule has 1 aliphatic carbocycles. The first-order valence-corrected chi connectivity index (χ1v) is 7.82. The predicted molar refractivity (Wildman–Crippen MR) is 79.5 cm³/mol. The number of nitrogens with zero attached hydrogens (tertiary/aromatic N) is 4. The van der Waals surface area contributed by atoms with E-state index in [1.165, 1.54) is 0 Å². The van der Waals surface area contributed by atoms with E-state index in [-0.39, 0.29) is 17.3 Å². The predicted octanol–water partition coefficient (Wildman–Crippen LogP) is 2.61. The van der Waals surface area contributed by atoms with E-state index in [0.29, 0.717) is 16.6 Å². The molecule has 2 unspecified atom stereocenters. The Morgan fingerprint density at radius 1 is 1.32 bits per heavy atom. The topological polar surface area (TPSA) is 69.4 Å². The second-order valence-electron chi connectivity index (χ2n) is 6.98. The summed E-state index contributed by atoms with van der Waals surface area (Å²) in [5, 5.41) is 12.9. The molecule has 2 bridgehead atoms. The van der Waals surface area contributed by atoms with Crippen LogP contribution in [0.25, 0.3) is 5.65 Å². The van der Waals surface area contributed by atoms with Crippen LogP contribution in [0.2, 0.25) is 5.15 Å². The summed E-state index contributed by atoms with van der Waals surface area (Å²) >= 11 is 5.98. The van der Waals surface area contributed by atoms with Gasteiger partial charge in [0.05, 0.1) is 0 Å². The highest BCUT2D eigenvalue weighted by atomic mass is 35.5. The molecule has 1 saturated heterocycles. The summed E-state index contributed by atoms with van der Waals surface area (Å²) in [5.74, 6) is -0.0107. The summed E-state index contributed by atoms with van der Waals surface area (Å²) in [4.78, 5) is 12.6. The van der Waals surface area contributed by atoms with Crippen LogP contribution in [0.1, 0.15) is 45.4 Å². The monoisotopic (exact) mass is 320 g/mol. The van der Waals surface area contributed by atoms with E-state index in [1.807, 2.05) is 6.92 Å². The van der Waals surface area contributed by atoms with Gasteiger partial charge >= 0.3 is 5.97 Å². The Bertz CT molecular complexity index is 787. The molecule has 3 atom stereocenters. The van der Waals surface area contributed by atoms with Crippen molar-refractivity contribution >= 4 is 23.2 Å². The largest absolute Gasteiger partial charge is 0.458 e. The third kappa shape index (κ3) is 1.61. The Morgan fingerprint density at radius 2 is 2.09 bits per heavy atom. The van der Waals surface area contributed by atoms with Gasteiger partial charge in [-0.25, -0.2) is 0 Å². The lowest BCUT2D eigenvalue weighted by molar-refractivity contribution is -0.187. The second-order valence-corrected chi connectivity index (χ2v) is 7.37. The molecule has 7 heteroatoms. The third-order valence-electron chi connectivity index (χ3n) is 5.74. The third-order valence-corrected chi connectivity index (χ3v) is 5.94. The summed E-state index contributed by atoms with van der Waals surface area (Å²) < 4.78 is 7.38. The number of ether oxygens (including phenoxy) is 1. The lowest BCUT2D eigenvalue weighted by Gasteiger charge is -2.47. The van der Waals surface area contributed by atoms with Gasteiger partial charge in [0.15, 0.2) is 11.5 Å². The summed E-state index contributed by atoms with van der Waals surface area (Å²) in [6.45, 7) is 6.35. The van der Waals surface area contributed by atoms with Gasteiger partial charge in [0.1, 0.15) is 16.7 Å². The summed E-state index contributed by atoms with van der Waals surface area (Å²) in [5.41, 5.74) is 0.0589. The second kappa shape index (κ2) is 4.19. The fourth-order valence-corrected chi connectivity index (χ4v) is 4.12. The lowest BCUT2D eigenvalue weighted by atomic mass is 9.66. The Hall–Kier alpha value is -1.69. The first-order chi connectivity index (χ1) is 10.3. The normalized spacial score (nSPS) is 33.2. The molecule has 4 rings (SSSR count). The molecule has 6 nitrogen and oxygen atoms in total. The number of esters is 1. The van der Waals surface area contributed by atoms with E-state index in [4.69, 9.17) is 16.3 Å². The van der Waals surface area contributed by atoms with Gasteiger partial charge in [-0.05, 0) is 37.8 Å². The van der Waals surface area contributed by atoms with Gasteiger partial charge in [-0.3, -0.25) is 4.79 Å². The van der Waals surface area contributed by atoms with Gasteiger partial charge in [0, 0.05) is 5.41 Å². The van der Waals surface area contributed by atoms with Crippen molar-refractivity contribution in [2.45, 2.75) is 45.1 Å². The average molecular weight is 321 g/mol. The van der Waals surface area contributed by atoms with Gasteiger partial charge in [-0.15, -0.1) is 10.2 Å². The number of halogens is 1. The van der Waals surface area contributed by atoms with E-state index < -0.39 is 11.5 Å². The Labute approximate surface area is 132 Å². The first-order valence-electron chi connectivity index (χ1n) is 7.44. The van der Waals surface area contributed by atoms with Crippen LogP contribution in [0, 0.1) is 11.3 Å². The zero-order chi connectivity index (χ0) is 15.7. The summed E-state index contributed by atoms with van der Waals surface area (Å²) in [6.07, 6.45) is 1.80. The maximum atomic E-state index is 12.6. The van der Waals surface area contributed by atoms with Crippen molar-refractivity contribution in [3.8, 4) is 0 Å². The van der Waals surface area contributed by atoms with Crippen LogP contribution >= 0.6 is 11.6 Å². The molecule has 2 aromatic heterocycles. The Kier molecular flexibility index (Phi) is 2.65. The number of hydrogen-bond acceptors (Lipinski definition) is 5. The van der Waals surface area contributed by atoms with Gasteiger partial charge in [0.2, 0.25) is 0 Å². The van der Waals surface area contributed by atoms with E-state index >= 15 is 0 Å². The fourth-order valence-electron chi connectivity index (χ4n) is 3.98. The quantitative estimate of drug-likeness (QED) is 0.755. The van der Waals surface area contributed by atoms with Crippen molar-refractivity contribution in [3.05, 3.63) is 23.1 Å². The van der Waals surface area contributed by atoms with Crippen molar-refractivity contribution in [2.75, 3.05) is 0 Å². The fraction of sp³-hybridized carbons (Fsp3) is 0.600. The molecular formula is C15H17ClN4O2. The summed E-state index contributed by atoms with van der Waals surface area (Å²) in [6, 6.07) is 3.40. The zero-order valence-electron chi connectivity index (χ0n) is 12.7. The minimum absolute atomic E-state index is 0.115. The van der Waals surface area contributed by atoms with Crippen molar-refractivity contribution in [1.29, 1.82) is 0 Å². The molecule has 2 aliphatic rings. The van der Waals surface area contributed by atoms with Crippen LogP contribution in [-0.2, 0) is 9.53 Å². The first kappa shape index (κ1) is 13.9. The number of rotatable bonds is 1. The van der Waals surface area contributed by atoms with Crippen LogP contribution in [0.15, 0.2) is 12.1 Å². The number of aromatic nitrogens is 4. The molecule has 0 radical (unpaired) electrons. The molecule has 0 aromatic carbocycles. The molecule has 0 amide bonds. The number of carbonyl (C=O) groups excluding carboxylic acids is 1. The van der Waals surface area contributed by atoms with Crippen LogP contribution in [0.5, 0.6) is 0 Å². The standard InChI is InChI=1S/C15H17ClN4O2/c1-14(2)8-6-7-15(14,3)22-13(21)11(8)12-18-17-10-5-4-9(16)19-20(10)12/h4-5,8,11H,6-7H2,1-3H3/t8?,11-,15?/m1/s1. The Balaban J connectivity index is 1.88. The molecule has 1 aliphatic heterocycles. The SMILES string of the molecule is CC12CCC([C@H](c3nnc4ccc(Cl)nn34)C(=O)O1)C2(C)C. The zero-order valence-corrected chi connectivity index (χ0v) is 13.5. The molecule has 0 spiro atoms. The molecule has 0 N–H and O–H groups in total. The Morgan fingerprint density at radius 3 is 2.86 bits per heavy atom. The molecule has 116 valence electrons. The molecular weight excluding hydrogens is 304 g/mol. The minimum atomic E-state index is -0.452. The van der Waals surface area contributed by atoms with Crippen molar-refractivity contribution in [2.24, 2.45) is 11.3 Å². The van der Waals surface area contributed by atoms with Crippen LogP contribution in [0.3, 0.4) is 0 Å². The number of carbonyl (C=O) groups is 1. The number of hydrogen-bond donors (Lipinski definition) is 0. The molecule has 22 heavy (non-hydrogen) atoms. The molecule has 2 fully saturated rings. The van der Waals surface area contributed by atoms with E-state index in [9.17, 15) is 4.79 Å². The van der Waals surface area contributed by atoms with Gasteiger partial charge < -0.3 is 4.74 Å². The molecule has 1 saturated carbocycles. The smallest absolute Gasteiger partial charge is 0.317 e. The number of fused-ring (bicyclic) bond motifs is 3. The van der Waals surface area contributed by atoms with Crippen molar-refractivity contribution < 1.29 is 9.53 Å². The molecule has 2 aromatic rings. The molecule has 3 heterocycles. The van der Waals surface area contributed by atoms with Crippen molar-refractivity contribution in [1.82, 2.24) is 19.8 Å². The van der Waals surface area contributed by atoms with Crippen LogP contribution in [-0.4, -0.2) is 31.4 Å². The van der Waals surface area contributed by atoms with E-state index in [2.05, 4.69) is 29.1 Å². The highest BCUT2D eigenvalue weighted by Gasteiger charge is 2.63. The van der Waals surface area contributed by atoms with E-state index in [1.54, 1.807) is 16.6 Å². The average Bonchev–Trinajstić information content (AvgIpc) is 2.88. The van der Waals surface area contributed by atoms with Crippen LogP contribution < -0.4 is 0 Å². The van der Waals surface area contributed by atoms with Gasteiger partial charge in [-0.1, -0.05) is 25.4 Å². The minimum Gasteiger partial charge on any atom is -0.458 e. The van der Waals surface area contributed by atoms with Crippen molar-refractivity contribution in [3.63, 3.8) is 0 Å². The lowest BCUT2D eigenvalue weighted by Crippen LogP contribution is -2.52. The van der Waals surface area contributed by atoms with Gasteiger partial charge in [-0.2, -0.15) is 9.61 Å². The maximum absolute atomic E-state index is 12.6.